The van der Waals surface area contributed by atoms with Crippen molar-refractivity contribution in [3.63, 3.8) is 0 Å². The Bertz CT molecular complexity index is 975. The summed E-state index contributed by atoms with van der Waals surface area (Å²) in [6.07, 6.45) is 11.1. The summed E-state index contributed by atoms with van der Waals surface area (Å²) in [5.41, 5.74) is 3.25. The van der Waals surface area contributed by atoms with E-state index in [0.717, 1.165) is 23.1 Å². The normalized spacial score (nSPS) is 21.3. The molecule has 3 aromatic heterocycles. The van der Waals surface area contributed by atoms with E-state index < -0.39 is 12.1 Å². The third kappa shape index (κ3) is 4.67. The lowest BCUT2D eigenvalue weighted by Gasteiger charge is -2.16. The summed E-state index contributed by atoms with van der Waals surface area (Å²) < 4.78 is 1.64. The molecule has 0 radical (unpaired) electrons. The molecule has 0 aromatic carbocycles. The van der Waals surface area contributed by atoms with Gasteiger partial charge in [0.25, 0.3) is 0 Å². The van der Waals surface area contributed by atoms with Crippen LogP contribution in [0.4, 0.5) is 0 Å². The van der Waals surface area contributed by atoms with Gasteiger partial charge in [0.2, 0.25) is 0 Å². The predicted molar refractivity (Wildman–Crippen MR) is 106 cm³/mol. The number of aliphatic hydroxyl groups excluding tert-OH is 1. The van der Waals surface area contributed by atoms with E-state index in [1.807, 2.05) is 30.7 Å². The quantitative estimate of drug-likeness (QED) is 0.562. The summed E-state index contributed by atoms with van der Waals surface area (Å²) in [6, 6.07) is 5.95. The van der Waals surface area contributed by atoms with Gasteiger partial charge in [-0.15, -0.1) is 0 Å². The van der Waals surface area contributed by atoms with E-state index in [2.05, 4.69) is 26.4 Å². The first-order chi connectivity index (χ1) is 14.1. The van der Waals surface area contributed by atoms with Crippen LogP contribution in [-0.4, -0.2) is 48.1 Å². The monoisotopic (exact) mass is 393 g/mol. The highest BCUT2D eigenvalue weighted by Crippen LogP contribution is 2.28. The molecular formula is C21H23N5O3. The zero-order valence-electron chi connectivity index (χ0n) is 15.8. The Labute approximate surface area is 168 Å². The molecule has 0 spiro atoms. The zero-order valence-corrected chi connectivity index (χ0v) is 15.8. The van der Waals surface area contributed by atoms with Gasteiger partial charge in [-0.1, -0.05) is 6.07 Å². The van der Waals surface area contributed by atoms with E-state index in [1.165, 1.54) is 12.4 Å². The van der Waals surface area contributed by atoms with Gasteiger partial charge < -0.3 is 15.5 Å². The van der Waals surface area contributed by atoms with Crippen molar-refractivity contribution in [1.82, 2.24) is 25.1 Å². The van der Waals surface area contributed by atoms with Crippen molar-refractivity contribution in [3.8, 4) is 11.1 Å². The molecule has 150 valence electrons. The summed E-state index contributed by atoms with van der Waals surface area (Å²) in [6.45, 7) is 1.21. The summed E-state index contributed by atoms with van der Waals surface area (Å²) in [5.74, 6) is -0.742. The molecular weight excluding hydrogens is 370 g/mol. The SMILES string of the molecule is O=C(O)c1cnn(CC2C[C@@H](O)[C@H](NCc3cncc(-c4cccnc4)c3)C2)c1. The van der Waals surface area contributed by atoms with Gasteiger partial charge in [-0.2, -0.15) is 5.10 Å². The third-order valence-corrected chi connectivity index (χ3v) is 5.31. The largest absolute Gasteiger partial charge is 0.478 e. The number of carbonyl (C=O) groups is 1. The Morgan fingerprint density at radius 1 is 1.17 bits per heavy atom. The topological polar surface area (TPSA) is 113 Å². The molecule has 3 N–H and O–H groups in total. The molecule has 8 heteroatoms. The number of nitrogens with one attached hydrogen (secondary N) is 1. The van der Waals surface area contributed by atoms with E-state index in [-0.39, 0.29) is 17.5 Å². The van der Waals surface area contributed by atoms with Crippen LogP contribution in [0.15, 0.2) is 55.4 Å². The minimum absolute atomic E-state index is 0.0171. The number of carboxylic acids is 1. The van der Waals surface area contributed by atoms with E-state index >= 15 is 0 Å². The molecule has 0 bridgehead atoms. The molecule has 1 saturated carbocycles. The molecule has 0 amide bonds. The minimum Gasteiger partial charge on any atom is -0.478 e. The first-order valence-corrected chi connectivity index (χ1v) is 9.60. The Balaban J connectivity index is 1.34. The summed E-state index contributed by atoms with van der Waals surface area (Å²) in [5, 5.41) is 27.0. The van der Waals surface area contributed by atoms with E-state index in [1.54, 1.807) is 10.9 Å². The maximum atomic E-state index is 11.0. The fraction of sp³-hybridized carbons (Fsp3) is 0.333. The van der Waals surface area contributed by atoms with Gasteiger partial charge in [-0.05, 0) is 36.5 Å². The number of hydrogen-bond donors (Lipinski definition) is 3. The van der Waals surface area contributed by atoms with Crippen molar-refractivity contribution in [3.05, 3.63) is 66.5 Å². The summed E-state index contributed by atoms with van der Waals surface area (Å²) in [4.78, 5) is 19.4. The highest BCUT2D eigenvalue weighted by molar-refractivity contribution is 5.86. The van der Waals surface area contributed by atoms with Crippen LogP contribution >= 0.6 is 0 Å². The Kier molecular flexibility index (Phi) is 5.64. The predicted octanol–water partition coefficient (Wildman–Crippen LogP) is 1.97. The van der Waals surface area contributed by atoms with Crippen LogP contribution in [0.5, 0.6) is 0 Å². The molecule has 3 atom stereocenters. The van der Waals surface area contributed by atoms with Gasteiger partial charge in [0.1, 0.15) is 0 Å². The van der Waals surface area contributed by atoms with Gasteiger partial charge in [0.15, 0.2) is 0 Å². The second kappa shape index (κ2) is 8.50. The van der Waals surface area contributed by atoms with Crippen molar-refractivity contribution >= 4 is 5.97 Å². The molecule has 3 aromatic rings. The number of pyridine rings is 2. The van der Waals surface area contributed by atoms with Gasteiger partial charge in [0, 0.05) is 61.2 Å². The van der Waals surface area contributed by atoms with Crippen LogP contribution in [0.1, 0.15) is 28.8 Å². The fourth-order valence-electron chi connectivity index (χ4n) is 3.85. The van der Waals surface area contributed by atoms with Gasteiger partial charge in [-0.3, -0.25) is 14.6 Å². The van der Waals surface area contributed by atoms with Crippen LogP contribution < -0.4 is 5.32 Å². The number of rotatable bonds is 7. The molecule has 8 nitrogen and oxygen atoms in total. The van der Waals surface area contributed by atoms with Crippen molar-refractivity contribution in [2.75, 3.05) is 0 Å². The number of aromatic nitrogens is 4. The number of nitrogens with zero attached hydrogens (tertiary/aromatic N) is 4. The van der Waals surface area contributed by atoms with Crippen molar-refractivity contribution in [2.45, 2.75) is 38.1 Å². The number of aromatic carboxylic acids is 1. The van der Waals surface area contributed by atoms with Crippen LogP contribution in [0.2, 0.25) is 0 Å². The zero-order chi connectivity index (χ0) is 20.2. The first kappa shape index (κ1) is 19.2. The van der Waals surface area contributed by atoms with E-state index in [4.69, 9.17) is 5.11 Å². The number of carboxylic acid groups (broad SMARTS) is 1. The maximum Gasteiger partial charge on any atom is 0.338 e. The van der Waals surface area contributed by atoms with Gasteiger partial charge >= 0.3 is 5.97 Å². The van der Waals surface area contributed by atoms with Crippen molar-refractivity contribution in [1.29, 1.82) is 0 Å². The Morgan fingerprint density at radius 3 is 2.79 bits per heavy atom. The molecule has 1 unspecified atom stereocenters. The highest BCUT2D eigenvalue weighted by atomic mass is 16.4. The van der Waals surface area contributed by atoms with E-state index in [0.29, 0.717) is 19.5 Å². The maximum absolute atomic E-state index is 11.0. The third-order valence-electron chi connectivity index (χ3n) is 5.31. The average molecular weight is 393 g/mol. The molecule has 1 aliphatic rings. The molecule has 3 heterocycles. The average Bonchev–Trinajstić information content (AvgIpc) is 3.34. The second-order valence-electron chi connectivity index (χ2n) is 7.47. The van der Waals surface area contributed by atoms with Crippen molar-refractivity contribution in [2.24, 2.45) is 5.92 Å². The molecule has 1 aliphatic carbocycles. The summed E-state index contributed by atoms with van der Waals surface area (Å²) in [7, 11) is 0. The second-order valence-corrected chi connectivity index (χ2v) is 7.47. The Morgan fingerprint density at radius 2 is 2.03 bits per heavy atom. The lowest BCUT2D eigenvalue weighted by Crippen LogP contribution is -2.35. The standard InChI is InChI=1S/C21H23N5O3/c27-20-6-14(12-26-13-18(11-25-26)21(28)29)5-19(20)24-8-15-4-17(10-23-7-15)16-2-1-3-22-9-16/h1-4,7,9-11,13-14,19-20,24,27H,5-6,8,12H2,(H,28,29)/t14?,19-,20-/m1/s1. The Hall–Kier alpha value is -3.10. The van der Waals surface area contributed by atoms with Crippen LogP contribution in [-0.2, 0) is 13.1 Å². The first-order valence-electron chi connectivity index (χ1n) is 9.60. The molecule has 4 rings (SSSR count). The van der Waals surface area contributed by atoms with Crippen LogP contribution in [0.25, 0.3) is 11.1 Å². The van der Waals surface area contributed by atoms with Crippen LogP contribution in [0.3, 0.4) is 0 Å². The molecule has 1 fully saturated rings. The summed E-state index contributed by atoms with van der Waals surface area (Å²) >= 11 is 0. The fourth-order valence-corrected chi connectivity index (χ4v) is 3.85. The minimum atomic E-state index is -0.982. The number of hydrogen-bond acceptors (Lipinski definition) is 6. The molecule has 0 saturated heterocycles. The molecule has 29 heavy (non-hydrogen) atoms. The van der Waals surface area contributed by atoms with Gasteiger partial charge in [-0.25, -0.2) is 4.79 Å². The van der Waals surface area contributed by atoms with E-state index in [9.17, 15) is 9.90 Å². The smallest absolute Gasteiger partial charge is 0.338 e. The lowest BCUT2D eigenvalue weighted by atomic mass is 10.1. The number of aliphatic hydroxyl groups is 1. The highest BCUT2D eigenvalue weighted by Gasteiger charge is 2.33. The van der Waals surface area contributed by atoms with Gasteiger partial charge in [0.05, 0.1) is 17.9 Å². The molecule has 0 aliphatic heterocycles. The van der Waals surface area contributed by atoms with Crippen LogP contribution in [0, 0.1) is 5.92 Å². The van der Waals surface area contributed by atoms with Crippen molar-refractivity contribution < 1.29 is 15.0 Å². The lowest BCUT2D eigenvalue weighted by molar-refractivity contribution is 0.0696.